The zero-order valence-electron chi connectivity index (χ0n) is 35.4. The van der Waals surface area contributed by atoms with Crippen LogP contribution in [0.25, 0.3) is 0 Å². The molecule has 0 aliphatic carbocycles. The maximum Gasteiger partial charge on any atom is 0.472 e. The van der Waals surface area contributed by atoms with E-state index in [1.807, 2.05) is 0 Å². The molecule has 1 amide bonds. The highest BCUT2D eigenvalue weighted by molar-refractivity contribution is 7.47. The van der Waals surface area contributed by atoms with Crippen molar-refractivity contribution in [3.05, 3.63) is 60.8 Å². The average Bonchev–Trinajstić information content (AvgIpc) is 3.18. The number of allylic oxidation sites excluding steroid dienone is 10. The molecule has 0 saturated carbocycles. The van der Waals surface area contributed by atoms with E-state index in [2.05, 4.69) is 79.9 Å². The van der Waals surface area contributed by atoms with Crippen molar-refractivity contribution in [2.45, 2.75) is 187 Å². The van der Waals surface area contributed by atoms with Crippen molar-refractivity contribution in [2.24, 2.45) is 0 Å². The second kappa shape index (κ2) is 40.0. The number of phosphoric acid groups is 1. The summed E-state index contributed by atoms with van der Waals surface area (Å²) in [5, 5.41) is 21.8. The van der Waals surface area contributed by atoms with Gasteiger partial charge in [-0.3, -0.25) is 18.6 Å². The SMILES string of the molecule is CCCC/C=C\C/C=C\CCCCCCCC(=O)OCC(O)COP(=O)(O)OCC(NC(=O)CCCCCCCC/C=C\C/C=C\C/C=C\CCCCC)C(=O)O. The molecule has 11 nitrogen and oxygen atoms in total. The summed E-state index contributed by atoms with van der Waals surface area (Å²) in [5.41, 5.74) is 0. The molecule has 0 aliphatic rings. The van der Waals surface area contributed by atoms with Crippen molar-refractivity contribution in [1.82, 2.24) is 5.32 Å². The number of unbranched alkanes of at least 4 members (excludes halogenated alkanes) is 16. The molecule has 0 heterocycles. The van der Waals surface area contributed by atoms with E-state index in [1.54, 1.807) is 0 Å². The van der Waals surface area contributed by atoms with Gasteiger partial charge in [0, 0.05) is 12.8 Å². The Kier molecular flexibility index (Phi) is 38.0. The maximum absolute atomic E-state index is 12.3. The van der Waals surface area contributed by atoms with E-state index in [0.717, 1.165) is 96.3 Å². The summed E-state index contributed by atoms with van der Waals surface area (Å²) < 4.78 is 26.8. The normalized spacial score (nSPS) is 14.3. The molecule has 0 saturated heterocycles. The van der Waals surface area contributed by atoms with Crippen LogP contribution < -0.4 is 5.32 Å². The van der Waals surface area contributed by atoms with E-state index in [0.29, 0.717) is 12.8 Å². The van der Waals surface area contributed by atoms with Gasteiger partial charge in [-0.1, -0.05) is 145 Å². The molecule has 0 radical (unpaired) electrons. The highest BCUT2D eigenvalue weighted by atomic mass is 31.2. The molecule has 0 aromatic heterocycles. The van der Waals surface area contributed by atoms with E-state index >= 15 is 0 Å². The van der Waals surface area contributed by atoms with Crippen LogP contribution in [-0.4, -0.2) is 64.9 Å². The smallest absolute Gasteiger partial charge is 0.472 e. The monoisotopic (exact) mass is 824 g/mol. The van der Waals surface area contributed by atoms with Crippen LogP contribution in [0.3, 0.4) is 0 Å². The Balaban J connectivity index is 3.96. The van der Waals surface area contributed by atoms with Gasteiger partial charge in [-0.2, -0.15) is 0 Å². The summed E-state index contributed by atoms with van der Waals surface area (Å²) in [4.78, 5) is 45.9. The third-order valence-electron chi connectivity index (χ3n) is 9.03. The first-order chi connectivity index (χ1) is 27.6. The summed E-state index contributed by atoms with van der Waals surface area (Å²) in [6.07, 6.45) is 45.2. The Morgan fingerprint density at radius 2 is 0.982 bits per heavy atom. The number of hydrogen-bond acceptors (Lipinski definition) is 8. The number of carbonyl (C=O) groups is 3. The minimum Gasteiger partial charge on any atom is -0.480 e. The Bertz CT molecular complexity index is 1200. The van der Waals surface area contributed by atoms with E-state index in [9.17, 15) is 34.1 Å². The molecule has 328 valence electrons. The number of rotatable bonds is 40. The van der Waals surface area contributed by atoms with Crippen molar-refractivity contribution >= 4 is 25.7 Å². The minimum absolute atomic E-state index is 0.127. The summed E-state index contributed by atoms with van der Waals surface area (Å²) in [6.45, 7) is 2.49. The Morgan fingerprint density at radius 3 is 1.49 bits per heavy atom. The van der Waals surface area contributed by atoms with Crippen LogP contribution >= 0.6 is 7.82 Å². The molecule has 0 aliphatic heterocycles. The van der Waals surface area contributed by atoms with Crippen LogP contribution in [-0.2, 0) is 32.7 Å². The average molecular weight is 824 g/mol. The highest BCUT2D eigenvalue weighted by Gasteiger charge is 2.28. The van der Waals surface area contributed by atoms with Gasteiger partial charge >= 0.3 is 19.8 Å². The molecule has 0 fully saturated rings. The molecule has 0 aromatic rings. The second-order valence-corrected chi connectivity index (χ2v) is 16.0. The van der Waals surface area contributed by atoms with E-state index in [1.165, 1.54) is 38.5 Å². The lowest BCUT2D eigenvalue weighted by Gasteiger charge is -2.18. The third kappa shape index (κ3) is 39.8. The first-order valence-corrected chi connectivity index (χ1v) is 23.3. The van der Waals surface area contributed by atoms with Crippen LogP contribution in [0.5, 0.6) is 0 Å². The number of nitrogens with one attached hydrogen (secondary N) is 1. The van der Waals surface area contributed by atoms with Gasteiger partial charge in [-0.25, -0.2) is 9.36 Å². The number of carboxylic acids is 1. The molecule has 0 bridgehead atoms. The van der Waals surface area contributed by atoms with Crippen molar-refractivity contribution in [3.8, 4) is 0 Å². The summed E-state index contributed by atoms with van der Waals surface area (Å²) in [7, 11) is -4.77. The summed E-state index contributed by atoms with van der Waals surface area (Å²) in [5.74, 6) is -2.41. The number of aliphatic carboxylic acids is 1. The molecule has 0 aromatic carbocycles. The van der Waals surface area contributed by atoms with Gasteiger partial charge < -0.3 is 25.2 Å². The lowest BCUT2D eigenvalue weighted by atomic mass is 10.1. The quantitative estimate of drug-likeness (QED) is 0.0202. The Morgan fingerprint density at radius 1 is 0.561 bits per heavy atom. The van der Waals surface area contributed by atoms with E-state index < -0.39 is 57.6 Å². The fourth-order valence-electron chi connectivity index (χ4n) is 5.57. The predicted octanol–water partition coefficient (Wildman–Crippen LogP) is 11.2. The molecular formula is C45H78NO10P. The van der Waals surface area contributed by atoms with Crippen molar-refractivity contribution in [1.29, 1.82) is 0 Å². The fourth-order valence-corrected chi connectivity index (χ4v) is 6.34. The van der Waals surface area contributed by atoms with E-state index in [-0.39, 0.29) is 12.8 Å². The first-order valence-electron chi connectivity index (χ1n) is 21.8. The number of carbonyl (C=O) groups excluding carboxylic acids is 2. The van der Waals surface area contributed by atoms with Crippen LogP contribution in [0.2, 0.25) is 0 Å². The second-order valence-electron chi connectivity index (χ2n) is 14.5. The number of aliphatic hydroxyl groups excluding tert-OH is 1. The molecule has 3 unspecified atom stereocenters. The largest absolute Gasteiger partial charge is 0.480 e. The number of esters is 1. The zero-order chi connectivity index (χ0) is 42.1. The summed E-state index contributed by atoms with van der Waals surface area (Å²) in [6, 6.07) is -1.56. The van der Waals surface area contributed by atoms with Crippen LogP contribution in [0, 0.1) is 0 Å². The number of aliphatic hydroxyl groups is 1. The lowest BCUT2D eigenvalue weighted by molar-refractivity contribution is -0.147. The molecule has 0 rings (SSSR count). The number of ether oxygens (including phenoxy) is 1. The number of carboxylic acid groups (broad SMARTS) is 1. The van der Waals surface area contributed by atoms with Crippen molar-refractivity contribution in [3.63, 3.8) is 0 Å². The van der Waals surface area contributed by atoms with Gasteiger partial charge in [0.05, 0.1) is 13.2 Å². The first kappa shape index (κ1) is 54.2. The lowest BCUT2D eigenvalue weighted by Crippen LogP contribution is -2.43. The van der Waals surface area contributed by atoms with Gasteiger partial charge in [0.2, 0.25) is 5.91 Å². The van der Waals surface area contributed by atoms with Gasteiger partial charge in [0.15, 0.2) is 6.04 Å². The predicted molar refractivity (Wildman–Crippen MR) is 231 cm³/mol. The minimum atomic E-state index is -4.77. The molecular weight excluding hydrogens is 745 g/mol. The molecule has 3 atom stereocenters. The number of hydrogen-bond donors (Lipinski definition) is 4. The summed E-state index contributed by atoms with van der Waals surface area (Å²) >= 11 is 0. The standard InChI is InChI=1S/C45H78NO10P/c1-3-5-7-9-11-13-15-17-19-20-21-22-23-24-26-28-30-32-34-36-43(48)46-42(45(50)51)40-56-57(52,53)55-39-41(47)38-54-44(49)37-35-33-31-29-27-25-18-16-14-12-10-8-6-4-2/h10-13,16-19,21-22,41-42,47H,3-9,14-15,20,23-40H2,1-2H3,(H,46,48)(H,50,51)(H,52,53)/b12-10-,13-11-,18-16-,19-17-,22-21-. The van der Waals surface area contributed by atoms with Crippen LogP contribution in [0.4, 0.5) is 0 Å². The zero-order valence-corrected chi connectivity index (χ0v) is 36.3. The Labute approximate surface area is 345 Å². The number of phosphoric ester groups is 1. The van der Waals surface area contributed by atoms with Gasteiger partial charge in [0.1, 0.15) is 12.7 Å². The van der Waals surface area contributed by atoms with Gasteiger partial charge in [0.25, 0.3) is 0 Å². The molecule has 57 heavy (non-hydrogen) atoms. The molecule has 12 heteroatoms. The van der Waals surface area contributed by atoms with Crippen molar-refractivity contribution < 1.29 is 47.8 Å². The molecule has 4 N–H and O–H groups in total. The Hall–Kier alpha value is -2.82. The fraction of sp³-hybridized carbons (Fsp3) is 0.711. The molecule has 0 spiro atoms. The van der Waals surface area contributed by atoms with Gasteiger partial charge in [-0.15, -0.1) is 0 Å². The third-order valence-corrected chi connectivity index (χ3v) is 9.98. The highest BCUT2D eigenvalue weighted by Crippen LogP contribution is 2.43. The topological polar surface area (TPSA) is 169 Å². The van der Waals surface area contributed by atoms with Crippen molar-refractivity contribution in [2.75, 3.05) is 19.8 Å². The van der Waals surface area contributed by atoms with Crippen LogP contribution in [0.1, 0.15) is 174 Å². The maximum atomic E-state index is 12.3. The number of amides is 1. The van der Waals surface area contributed by atoms with Crippen LogP contribution in [0.15, 0.2) is 60.8 Å². The van der Waals surface area contributed by atoms with Gasteiger partial charge in [-0.05, 0) is 77.0 Å². The van der Waals surface area contributed by atoms with E-state index in [4.69, 9.17) is 13.8 Å².